The van der Waals surface area contributed by atoms with E-state index in [1.165, 1.54) is 0 Å². The van der Waals surface area contributed by atoms with Crippen LogP contribution >= 0.6 is 0 Å². The summed E-state index contributed by atoms with van der Waals surface area (Å²) in [5.41, 5.74) is 0. The number of ether oxygens (including phenoxy) is 1. The predicted molar refractivity (Wildman–Crippen MR) is 69.9 cm³/mol. The van der Waals surface area contributed by atoms with Gasteiger partial charge < -0.3 is 14.5 Å². The fourth-order valence-electron chi connectivity index (χ4n) is 2.26. The first-order valence-electron chi connectivity index (χ1n) is 6.57. The van der Waals surface area contributed by atoms with Crippen molar-refractivity contribution in [3.63, 3.8) is 0 Å². The maximum atomic E-state index is 5.84. The Balaban J connectivity index is 2.80. The fraction of sp³-hybridized carbons (Fsp3) is 0.714. The van der Waals surface area contributed by atoms with E-state index in [-0.39, 0.29) is 0 Å². The minimum absolute atomic E-state index is 0.320. The van der Waals surface area contributed by atoms with E-state index in [1.54, 1.807) is 7.11 Å². The Morgan fingerprint density at radius 3 is 2.47 bits per heavy atom. The van der Waals surface area contributed by atoms with Crippen LogP contribution in [-0.4, -0.2) is 13.7 Å². The van der Waals surface area contributed by atoms with Gasteiger partial charge in [-0.05, 0) is 24.6 Å². The van der Waals surface area contributed by atoms with Crippen LogP contribution in [0.25, 0.3) is 0 Å². The number of hydrogen-bond acceptors (Lipinski definition) is 3. The fourth-order valence-corrected chi connectivity index (χ4v) is 2.26. The smallest absolute Gasteiger partial charge is 0.129 e. The van der Waals surface area contributed by atoms with Gasteiger partial charge in [-0.15, -0.1) is 0 Å². The van der Waals surface area contributed by atoms with Crippen LogP contribution in [0.15, 0.2) is 16.5 Å². The van der Waals surface area contributed by atoms with Gasteiger partial charge in [0, 0.05) is 7.11 Å². The second kappa shape index (κ2) is 7.51. The molecule has 0 radical (unpaired) electrons. The van der Waals surface area contributed by atoms with Crippen LogP contribution in [0.5, 0.6) is 0 Å². The zero-order chi connectivity index (χ0) is 12.7. The minimum Gasteiger partial charge on any atom is -0.462 e. The van der Waals surface area contributed by atoms with Gasteiger partial charge in [-0.3, -0.25) is 0 Å². The number of hydrogen-bond donors (Lipinski definition) is 1. The van der Waals surface area contributed by atoms with Gasteiger partial charge in [-0.1, -0.05) is 33.6 Å². The summed E-state index contributed by atoms with van der Waals surface area (Å²) in [4.78, 5) is 0. The summed E-state index contributed by atoms with van der Waals surface area (Å²) < 4.78 is 10.9. The van der Waals surface area contributed by atoms with Crippen LogP contribution in [-0.2, 0) is 11.3 Å². The molecule has 1 atom stereocenters. The Labute approximate surface area is 105 Å². The largest absolute Gasteiger partial charge is 0.462 e. The lowest BCUT2D eigenvalue weighted by Crippen LogP contribution is -2.27. The van der Waals surface area contributed by atoms with Crippen molar-refractivity contribution in [3.8, 4) is 0 Å². The van der Waals surface area contributed by atoms with Gasteiger partial charge in [0.05, 0.1) is 6.04 Å². The molecule has 0 aliphatic carbocycles. The lowest BCUT2D eigenvalue weighted by atomic mass is 9.92. The van der Waals surface area contributed by atoms with Gasteiger partial charge in [0.25, 0.3) is 0 Å². The van der Waals surface area contributed by atoms with E-state index >= 15 is 0 Å². The molecule has 1 N–H and O–H groups in total. The topological polar surface area (TPSA) is 34.4 Å². The molecule has 0 saturated heterocycles. The SMILES string of the molecule is CCNC(c1ccc(COC)o1)C(CC)CC. The molecule has 3 nitrogen and oxygen atoms in total. The monoisotopic (exact) mass is 239 g/mol. The van der Waals surface area contributed by atoms with Gasteiger partial charge >= 0.3 is 0 Å². The second-order valence-electron chi connectivity index (χ2n) is 4.35. The van der Waals surface area contributed by atoms with E-state index in [4.69, 9.17) is 9.15 Å². The Bertz CT molecular complexity index is 305. The van der Waals surface area contributed by atoms with Crippen molar-refractivity contribution >= 4 is 0 Å². The number of nitrogens with one attached hydrogen (secondary N) is 1. The standard InChI is InChI=1S/C14H25NO2/c1-5-11(6-2)14(15-7-3)13-9-8-12(17-13)10-16-4/h8-9,11,14-15H,5-7,10H2,1-4H3. The zero-order valence-electron chi connectivity index (χ0n) is 11.5. The highest BCUT2D eigenvalue weighted by Gasteiger charge is 2.22. The maximum Gasteiger partial charge on any atom is 0.129 e. The molecule has 1 unspecified atom stereocenters. The van der Waals surface area contributed by atoms with Crippen LogP contribution in [0.3, 0.4) is 0 Å². The molecule has 1 rings (SSSR count). The quantitative estimate of drug-likeness (QED) is 0.753. The average molecular weight is 239 g/mol. The number of methoxy groups -OCH3 is 1. The summed E-state index contributed by atoms with van der Waals surface area (Å²) >= 11 is 0. The first-order chi connectivity index (χ1) is 8.26. The summed E-state index contributed by atoms with van der Waals surface area (Å²) in [5.74, 6) is 2.56. The van der Waals surface area contributed by atoms with Crippen molar-refractivity contribution in [1.82, 2.24) is 5.32 Å². The second-order valence-corrected chi connectivity index (χ2v) is 4.35. The van der Waals surface area contributed by atoms with Crippen molar-refractivity contribution in [1.29, 1.82) is 0 Å². The van der Waals surface area contributed by atoms with Crippen molar-refractivity contribution in [2.45, 2.75) is 46.3 Å². The highest BCUT2D eigenvalue weighted by atomic mass is 16.5. The molecule has 0 aromatic carbocycles. The maximum absolute atomic E-state index is 5.84. The van der Waals surface area contributed by atoms with Gasteiger partial charge in [-0.2, -0.15) is 0 Å². The summed E-state index contributed by atoms with van der Waals surface area (Å²) in [6.07, 6.45) is 2.32. The van der Waals surface area contributed by atoms with E-state index in [2.05, 4.69) is 32.2 Å². The molecule has 98 valence electrons. The Hall–Kier alpha value is -0.800. The number of furan rings is 1. The average Bonchev–Trinajstić information content (AvgIpc) is 2.78. The Kier molecular flexibility index (Phi) is 6.30. The predicted octanol–water partition coefficient (Wildman–Crippen LogP) is 3.51. The Morgan fingerprint density at radius 1 is 1.24 bits per heavy atom. The number of rotatable bonds is 8. The molecule has 0 aliphatic heterocycles. The third-order valence-corrected chi connectivity index (χ3v) is 3.22. The molecule has 1 aromatic rings. The van der Waals surface area contributed by atoms with E-state index in [9.17, 15) is 0 Å². The van der Waals surface area contributed by atoms with Crippen LogP contribution in [0, 0.1) is 5.92 Å². The normalized spacial score (nSPS) is 13.2. The van der Waals surface area contributed by atoms with Crippen LogP contribution in [0.1, 0.15) is 51.2 Å². The molecule has 1 heterocycles. The lowest BCUT2D eigenvalue weighted by molar-refractivity contribution is 0.159. The summed E-state index contributed by atoms with van der Waals surface area (Å²) in [7, 11) is 1.69. The zero-order valence-corrected chi connectivity index (χ0v) is 11.5. The first-order valence-corrected chi connectivity index (χ1v) is 6.57. The van der Waals surface area contributed by atoms with Gasteiger partial charge in [0.1, 0.15) is 18.1 Å². The third-order valence-electron chi connectivity index (χ3n) is 3.22. The van der Waals surface area contributed by atoms with E-state index < -0.39 is 0 Å². The van der Waals surface area contributed by atoms with E-state index in [1.807, 2.05) is 6.07 Å². The van der Waals surface area contributed by atoms with Gasteiger partial charge in [-0.25, -0.2) is 0 Å². The molecular formula is C14H25NO2. The van der Waals surface area contributed by atoms with Crippen LogP contribution in [0.2, 0.25) is 0 Å². The molecule has 17 heavy (non-hydrogen) atoms. The van der Waals surface area contributed by atoms with E-state index in [0.29, 0.717) is 18.6 Å². The molecule has 0 bridgehead atoms. The molecule has 0 spiro atoms. The molecular weight excluding hydrogens is 214 g/mol. The highest BCUT2D eigenvalue weighted by Crippen LogP contribution is 2.28. The minimum atomic E-state index is 0.320. The molecule has 0 fully saturated rings. The van der Waals surface area contributed by atoms with Crippen LogP contribution in [0.4, 0.5) is 0 Å². The van der Waals surface area contributed by atoms with Gasteiger partial charge in [0.15, 0.2) is 0 Å². The Morgan fingerprint density at radius 2 is 1.94 bits per heavy atom. The summed E-state index contributed by atoms with van der Waals surface area (Å²) in [5, 5.41) is 3.52. The summed E-state index contributed by atoms with van der Waals surface area (Å²) in [6, 6.07) is 4.39. The van der Waals surface area contributed by atoms with E-state index in [0.717, 1.165) is 30.9 Å². The van der Waals surface area contributed by atoms with Crippen molar-refractivity contribution in [2.75, 3.05) is 13.7 Å². The first kappa shape index (κ1) is 14.3. The van der Waals surface area contributed by atoms with Crippen molar-refractivity contribution in [3.05, 3.63) is 23.7 Å². The molecule has 0 aliphatic rings. The molecule has 1 aromatic heterocycles. The summed E-state index contributed by atoms with van der Waals surface area (Å²) in [6.45, 7) is 8.10. The van der Waals surface area contributed by atoms with Crippen molar-refractivity contribution in [2.24, 2.45) is 5.92 Å². The van der Waals surface area contributed by atoms with Gasteiger partial charge in [0.2, 0.25) is 0 Å². The molecule has 0 amide bonds. The molecule has 0 saturated carbocycles. The highest BCUT2D eigenvalue weighted by molar-refractivity contribution is 5.11. The van der Waals surface area contributed by atoms with Crippen molar-refractivity contribution < 1.29 is 9.15 Å². The third kappa shape index (κ3) is 3.86. The lowest BCUT2D eigenvalue weighted by Gasteiger charge is -2.24. The molecule has 3 heteroatoms. The van der Waals surface area contributed by atoms with Crippen LogP contribution < -0.4 is 5.32 Å².